The van der Waals surface area contributed by atoms with Crippen molar-refractivity contribution in [1.29, 1.82) is 5.26 Å². The summed E-state index contributed by atoms with van der Waals surface area (Å²) in [6.45, 7) is 1.78. The maximum atomic E-state index is 13.0. The lowest BCUT2D eigenvalue weighted by Gasteiger charge is -2.24. The van der Waals surface area contributed by atoms with Crippen molar-refractivity contribution in [3.63, 3.8) is 0 Å². The third-order valence-corrected chi connectivity index (χ3v) is 5.65. The number of anilines is 1. The van der Waals surface area contributed by atoms with Crippen molar-refractivity contribution in [2.75, 3.05) is 11.9 Å². The maximum absolute atomic E-state index is 13.0. The Hall–Kier alpha value is -3.44. The van der Waals surface area contributed by atoms with Gasteiger partial charge in [-0.1, -0.05) is 19.3 Å². The summed E-state index contributed by atoms with van der Waals surface area (Å²) < 4.78 is 1.81. The Morgan fingerprint density at radius 2 is 2.10 bits per heavy atom. The van der Waals surface area contributed by atoms with E-state index in [-0.39, 0.29) is 24.6 Å². The molecule has 8 nitrogen and oxygen atoms in total. The average Bonchev–Trinajstić information content (AvgIpc) is 3.22. The van der Waals surface area contributed by atoms with Crippen LogP contribution in [0.5, 0.6) is 0 Å². The van der Waals surface area contributed by atoms with Crippen molar-refractivity contribution in [1.82, 2.24) is 19.9 Å². The number of carbonyl (C=O) groups is 1. The number of nitriles is 1. The number of aliphatic hydroxyl groups excluding tert-OH is 1. The monoisotopic (exact) mass is 418 g/mol. The molecule has 0 spiro atoms. The third-order valence-electron chi connectivity index (χ3n) is 5.65. The minimum atomic E-state index is -0.228. The van der Waals surface area contributed by atoms with Gasteiger partial charge in [-0.3, -0.25) is 9.36 Å². The summed E-state index contributed by atoms with van der Waals surface area (Å²) in [5, 5.41) is 25.8. The topological polar surface area (TPSA) is 116 Å². The zero-order chi connectivity index (χ0) is 21.8. The molecule has 1 unspecified atom stereocenters. The highest BCUT2D eigenvalue weighted by atomic mass is 16.3. The number of aromatic nitrogens is 3. The molecule has 3 aromatic heterocycles. The summed E-state index contributed by atoms with van der Waals surface area (Å²) >= 11 is 0. The number of pyridine rings is 2. The second-order valence-electron chi connectivity index (χ2n) is 8.06. The minimum Gasteiger partial charge on any atom is -0.394 e. The molecule has 0 radical (unpaired) electrons. The second kappa shape index (κ2) is 9.14. The first-order valence-corrected chi connectivity index (χ1v) is 10.6. The number of amides is 1. The molecule has 1 fully saturated rings. The summed E-state index contributed by atoms with van der Waals surface area (Å²) in [6.07, 6.45) is 10.4. The SMILES string of the molecule is CC(CO)Nc1cc(-n2ccc3cc(C#N)cnc32)ncc1C(=O)NC1CCCCC1. The standard InChI is InChI=1S/C23H26N6O2/c1-15(14-30)27-20-10-21(29-8-7-17-9-16(11-24)12-26-22(17)29)25-13-19(20)23(31)28-18-5-3-2-4-6-18/h7-10,12-13,15,18,30H,2-6,14H2,1H3,(H,25,27)(H,28,31). The molecular formula is C23H26N6O2. The summed E-state index contributed by atoms with van der Waals surface area (Å²) in [6, 6.07) is 7.50. The third kappa shape index (κ3) is 4.52. The lowest BCUT2D eigenvalue weighted by atomic mass is 9.95. The summed E-state index contributed by atoms with van der Waals surface area (Å²) in [4.78, 5) is 21.9. The van der Waals surface area contributed by atoms with E-state index in [9.17, 15) is 9.90 Å². The smallest absolute Gasteiger partial charge is 0.255 e. The van der Waals surface area contributed by atoms with Crippen LogP contribution in [0.4, 0.5) is 5.69 Å². The zero-order valence-electron chi connectivity index (χ0n) is 17.5. The van der Waals surface area contributed by atoms with E-state index < -0.39 is 0 Å². The highest BCUT2D eigenvalue weighted by Crippen LogP contribution is 2.24. The van der Waals surface area contributed by atoms with Crippen molar-refractivity contribution in [3.05, 3.63) is 47.9 Å². The zero-order valence-corrected chi connectivity index (χ0v) is 17.5. The Labute approximate surface area is 180 Å². The molecule has 0 bridgehead atoms. The van der Waals surface area contributed by atoms with E-state index in [0.717, 1.165) is 31.1 Å². The highest BCUT2D eigenvalue weighted by Gasteiger charge is 2.20. The Balaban J connectivity index is 1.68. The van der Waals surface area contributed by atoms with E-state index in [1.807, 2.05) is 23.8 Å². The van der Waals surface area contributed by atoms with Gasteiger partial charge >= 0.3 is 0 Å². The first-order valence-electron chi connectivity index (χ1n) is 10.6. The van der Waals surface area contributed by atoms with Crippen LogP contribution >= 0.6 is 0 Å². The second-order valence-corrected chi connectivity index (χ2v) is 8.06. The van der Waals surface area contributed by atoms with Crippen LogP contribution in [0.1, 0.15) is 54.9 Å². The molecule has 3 aromatic rings. The van der Waals surface area contributed by atoms with E-state index in [4.69, 9.17) is 5.26 Å². The molecule has 1 amide bonds. The van der Waals surface area contributed by atoms with Gasteiger partial charge in [-0.15, -0.1) is 0 Å². The van der Waals surface area contributed by atoms with Crippen molar-refractivity contribution in [2.45, 2.75) is 51.1 Å². The van der Waals surface area contributed by atoms with Gasteiger partial charge in [0, 0.05) is 42.1 Å². The van der Waals surface area contributed by atoms with Gasteiger partial charge in [-0.05, 0) is 31.9 Å². The number of carbonyl (C=O) groups excluding carboxylic acids is 1. The number of nitrogens with one attached hydrogen (secondary N) is 2. The molecule has 31 heavy (non-hydrogen) atoms. The van der Waals surface area contributed by atoms with Crippen LogP contribution in [0.3, 0.4) is 0 Å². The molecular weight excluding hydrogens is 392 g/mol. The van der Waals surface area contributed by atoms with Gasteiger partial charge in [-0.25, -0.2) is 9.97 Å². The first-order chi connectivity index (χ1) is 15.1. The Kier molecular flexibility index (Phi) is 6.14. The van der Waals surface area contributed by atoms with Crippen LogP contribution in [-0.2, 0) is 0 Å². The molecule has 4 rings (SSSR count). The van der Waals surface area contributed by atoms with Gasteiger partial charge in [-0.2, -0.15) is 5.26 Å². The molecule has 1 atom stereocenters. The van der Waals surface area contributed by atoms with Crippen LogP contribution in [0.15, 0.2) is 36.8 Å². The fourth-order valence-electron chi connectivity index (χ4n) is 3.97. The molecule has 1 aliphatic carbocycles. The van der Waals surface area contributed by atoms with Crippen LogP contribution in [0.2, 0.25) is 0 Å². The Morgan fingerprint density at radius 1 is 1.29 bits per heavy atom. The molecule has 0 aromatic carbocycles. The van der Waals surface area contributed by atoms with Gasteiger partial charge in [0.25, 0.3) is 5.91 Å². The fourth-order valence-corrected chi connectivity index (χ4v) is 3.97. The quantitative estimate of drug-likeness (QED) is 0.566. The van der Waals surface area contributed by atoms with Crippen LogP contribution in [-0.4, -0.2) is 44.2 Å². The molecule has 160 valence electrons. The van der Waals surface area contributed by atoms with Crippen LogP contribution in [0.25, 0.3) is 16.9 Å². The number of aliphatic hydroxyl groups is 1. The predicted molar refractivity (Wildman–Crippen MR) is 118 cm³/mol. The normalized spacial score (nSPS) is 15.4. The maximum Gasteiger partial charge on any atom is 0.255 e. The van der Waals surface area contributed by atoms with E-state index in [1.54, 1.807) is 18.3 Å². The number of hydrogen-bond acceptors (Lipinski definition) is 6. The first kappa shape index (κ1) is 20.8. The van der Waals surface area contributed by atoms with Gasteiger partial charge in [0.05, 0.1) is 23.4 Å². The van der Waals surface area contributed by atoms with Crippen LogP contribution in [0, 0.1) is 11.3 Å². The lowest BCUT2D eigenvalue weighted by Crippen LogP contribution is -2.37. The van der Waals surface area contributed by atoms with Gasteiger partial charge in [0.1, 0.15) is 17.5 Å². The van der Waals surface area contributed by atoms with Crippen molar-refractivity contribution < 1.29 is 9.90 Å². The molecule has 3 heterocycles. The molecule has 8 heteroatoms. The van der Waals surface area contributed by atoms with E-state index >= 15 is 0 Å². The van der Waals surface area contributed by atoms with Gasteiger partial charge in [0.2, 0.25) is 0 Å². The molecule has 0 aliphatic heterocycles. The number of rotatable bonds is 6. The largest absolute Gasteiger partial charge is 0.394 e. The summed E-state index contributed by atoms with van der Waals surface area (Å²) in [5.74, 6) is 0.432. The number of fused-ring (bicyclic) bond motifs is 1. The van der Waals surface area contributed by atoms with Crippen molar-refractivity contribution in [2.24, 2.45) is 0 Å². The fraction of sp³-hybridized carbons (Fsp3) is 0.391. The Bertz CT molecular complexity index is 1130. The van der Waals surface area contributed by atoms with E-state index in [2.05, 4.69) is 26.7 Å². The number of nitrogens with zero attached hydrogens (tertiary/aromatic N) is 4. The molecule has 1 aliphatic rings. The average molecular weight is 419 g/mol. The van der Waals surface area contributed by atoms with Crippen molar-refractivity contribution in [3.8, 4) is 11.9 Å². The van der Waals surface area contributed by atoms with Crippen LogP contribution < -0.4 is 10.6 Å². The summed E-state index contributed by atoms with van der Waals surface area (Å²) in [7, 11) is 0. The van der Waals surface area contributed by atoms with E-state index in [0.29, 0.717) is 28.3 Å². The highest BCUT2D eigenvalue weighted by molar-refractivity contribution is 5.99. The van der Waals surface area contributed by atoms with E-state index in [1.165, 1.54) is 12.6 Å². The predicted octanol–water partition coefficient (Wildman–Crippen LogP) is 3.15. The molecule has 1 saturated carbocycles. The lowest BCUT2D eigenvalue weighted by molar-refractivity contribution is 0.0928. The minimum absolute atomic E-state index is 0.0632. The van der Waals surface area contributed by atoms with Crippen molar-refractivity contribution >= 4 is 22.6 Å². The Morgan fingerprint density at radius 3 is 2.84 bits per heavy atom. The molecule has 0 saturated heterocycles. The number of hydrogen-bond donors (Lipinski definition) is 3. The van der Waals surface area contributed by atoms with Gasteiger partial charge in [0.15, 0.2) is 0 Å². The van der Waals surface area contributed by atoms with Gasteiger partial charge < -0.3 is 15.7 Å². The molecule has 3 N–H and O–H groups in total. The summed E-state index contributed by atoms with van der Waals surface area (Å²) in [5.41, 5.74) is 2.22.